The van der Waals surface area contributed by atoms with E-state index in [0.29, 0.717) is 5.69 Å². The van der Waals surface area contributed by atoms with Crippen LogP contribution in [0.4, 0.5) is 0 Å². The number of hydrogen-bond acceptors (Lipinski definition) is 5. The predicted molar refractivity (Wildman–Crippen MR) is 104 cm³/mol. The molecule has 144 valence electrons. The van der Waals surface area contributed by atoms with Gasteiger partial charge in [0.1, 0.15) is 5.69 Å². The van der Waals surface area contributed by atoms with Crippen LogP contribution in [0.2, 0.25) is 0 Å². The monoisotopic (exact) mass is 379 g/mol. The summed E-state index contributed by atoms with van der Waals surface area (Å²) in [6, 6.07) is 15.9. The summed E-state index contributed by atoms with van der Waals surface area (Å²) < 4.78 is 6.22. The molecule has 3 aromatic rings. The maximum atomic E-state index is 12.9. The molecule has 0 aliphatic rings. The van der Waals surface area contributed by atoms with Gasteiger partial charge >= 0.3 is 5.97 Å². The number of ether oxygens (including phenoxy) is 1. The van der Waals surface area contributed by atoms with Crippen LogP contribution < -0.4 is 5.32 Å². The average Bonchev–Trinajstić information content (AvgIpc) is 3.17. The van der Waals surface area contributed by atoms with Crippen molar-refractivity contribution in [1.29, 1.82) is 0 Å². The van der Waals surface area contributed by atoms with E-state index < -0.39 is 24.5 Å². The van der Waals surface area contributed by atoms with Crippen molar-refractivity contribution in [2.45, 2.75) is 13.0 Å². The van der Waals surface area contributed by atoms with Gasteiger partial charge in [0.15, 0.2) is 6.04 Å². The number of aromatic nitrogens is 2. The molecule has 1 aromatic heterocycles. The molecule has 7 nitrogen and oxygen atoms in total. The van der Waals surface area contributed by atoms with E-state index in [-0.39, 0.29) is 5.56 Å². The third-order valence-electron chi connectivity index (χ3n) is 4.24. The zero-order valence-electron chi connectivity index (χ0n) is 15.6. The van der Waals surface area contributed by atoms with Crippen LogP contribution in [0.3, 0.4) is 0 Å². The van der Waals surface area contributed by atoms with Crippen LogP contribution in [0, 0.1) is 6.92 Å². The van der Waals surface area contributed by atoms with Crippen molar-refractivity contribution in [3.05, 3.63) is 71.9 Å². The second kappa shape index (κ2) is 8.49. The molecule has 1 amide bonds. The first-order valence-corrected chi connectivity index (χ1v) is 8.75. The van der Waals surface area contributed by atoms with Gasteiger partial charge in [-0.25, -0.2) is 9.48 Å². The number of hydrogen-bond donors (Lipinski definition) is 2. The van der Waals surface area contributed by atoms with Crippen molar-refractivity contribution in [2.24, 2.45) is 0 Å². The molecule has 3 rings (SSSR count). The summed E-state index contributed by atoms with van der Waals surface area (Å²) in [5, 5.41) is 16.5. The number of para-hydroxylation sites is 1. The Balaban J connectivity index is 2.04. The molecule has 0 bridgehead atoms. The molecule has 0 aliphatic carbocycles. The Hall–Kier alpha value is -3.45. The van der Waals surface area contributed by atoms with Gasteiger partial charge < -0.3 is 15.2 Å². The van der Waals surface area contributed by atoms with Crippen molar-refractivity contribution < 1.29 is 19.4 Å². The third kappa shape index (κ3) is 4.10. The summed E-state index contributed by atoms with van der Waals surface area (Å²) in [5.74, 6) is -1.24. The number of rotatable bonds is 6. The molecule has 1 atom stereocenters. The summed E-state index contributed by atoms with van der Waals surface area (Å²) in [4.78, 5) is 24.6. The van der Waals surface area contributed by atoms with Gasteiger partial charge in [0.25, 0.3) is 5.91 Å². The van der Waals surface area contributed by atoms with Crippen LogP contribution >= 0.6 is 0 Å². The van der Waals surface area contributed by atoms with Crippen LogP contribution in [-0.2, 0) is 9.53 Å². The lowest BCUT2D eigenvalue weighted by Gasteiger charge is -2.13. The van der Waals surface area contributed by atoms with E-state index in [9.17, 15) is 14.7 Å². The van der Waals surface area contributed by atoms with Crippen LogP contribution in [0.15, 0.2) is 60.8 Å². The van der Waals surface area contributed by atoms with Gasteiger partial charge in [-0.2, -0.15) is 5.10 Å². The number of aliphatic hydroxyl groups excluding tert-OH is 1. The van der Waals surface area contributed by atoms with Gasteiger partial charge in [-0.05, 0) is 25.1 Å². The van der Waals surface area contributed by atoms with Gasteiger partial charge in [-0.1, -0.05) is 42.0 Å². The summed E-state index contributed by atoms with van der Waals surface area (Å²) >= 11 is 0. The van der Waals surface area contributed by atoms with Gasteiger partial charge in [-0.15, -0.1) is 0 Å². The minimum atomic E-state index is -1.15. The first kappa shape index (κ1) is 19.3. The van der Waals surface area contributed by atoms with Crippen molar-refractivity contribution in [1.82, 2.24) is 15.1 Å². The molecule has 0 radical (unpaired) electrons. The Labute approximate surface area is 162 Å². The summed E-state index contributed by atoms with van der Waals surface area (Å²) in [7, 11) is 1.20. The fourth-order valence-electron chi connectivity index (χ4n) is 2.82. The molecular formula is C21H21N3O4. The number of nitrogens with zero attached hydrogens (tertiary/aromatic N) is 2. The molecule has 7 heteroatoms. The van der Waals surface area contributed by atoms with Crippen molar-refractivity contribution in [3.63, 3.8) is 0 Å². The number of aryl methyl sites for hydroxylation is 1. The molecule has 0 unspecified atom stereocenters. The lowest BCUT2D eigenvalue weighted by Crippen LogP contribution is -2.44. The van der Waals surface area contributed by atoms with E-state index in [4.69, 9.17) is 0 Å². The van der Waals surface area contributed by atoms with Crippen molar-refractivity contribution >= 4 is 11.9 Å². The lowest BCUT2D eigenvalue weighted by atomic mass is 10.1. The van der Waals surface area contributed by atoms with E-state index in [1.807, 2.05) is 61.5 Å². The van der Waals surface area contributed by atoms with Crippen LogP contribution in [0.5, 0.6) is 0 Å². The van der Waals surface area contributed by atoms with E-state index in [0.717, 1.165) is 16.8 Å². The Morgan fingerprint density at radius 1 is 1.18 bits per heavy atom. The van der Waals surface area contributed by atoms with Gasteiger partial charge in [0.2, 0.25) is 0 Å². The SMILES string of the molecule is COC(=O)[C@H](CO)NC(=O)c1cn(-c2ccccc2)nc1-c1cccc(C)c1. The Morgan fingerprint density at radius 3 is 2.57 bits per heavy atom. The van der Waals surface area contributed by atoms with Crippen molar-refractivity contribution in [2.75, 3.05) is 13.7 Å². The maximum absolute atomic E-state index is 12.9. The molecule has 0 spiro atoms. The van der Waals surface area contributed by atoms with E-state index in [2.05, 4.69) is 15.2 Å². The quantitative estimate of drug-likeness (QED) is 0.640. The molecular weight excluding hydrogens is 358 g/mol. The van der Waals surface area contributed by atoms with Crippen molar-refractivity contribution in [3.8, 4) is 16.9 Å². The van der Waals surface area contributed by atoms with E-state index in [1.165, 1.54) is 7.11 Å². The molecule has 0 saturated heterocycles. The number of amides is 1. The molecule has 1 heterocycles. The average molecular weight is 379 g/mol. The van der Waals surface area contributed by atoms with Crippen LogP contribution in [0.25, 0.3) is 16.9 Å². The highest BCUT2D eigenvalue weighted by Gasteiger charge is 2.25. The first-order chi connectivity index (χ1) is 13.5. The standard InChI is InChI=1S/C21H21N3O4/c1-14-7-6-8-15(11-14)19-17(20(26)22-18(13-25)21(27)28-2)12-24(23-19)16-9-4-3-5-10-16/h3-12,18,25H,13H2,1-2H3,(H,22,26)/t18-/m0/s1. The molecule has 0 fully saturated rings. The van der Waals surface area contributed by atoms with E-state index in [1.54, 1.807) is 10.9 Å². The minimum Gasteiger partial charge on any atom is -0.467 e. The zero-order chi connectivity index (χ0) is 20.1. The number of esters is 1. The maximum Gasteiger partial charge on any atom is 0.330 e. The second-order valence-corrected chi connectivity index (χ2v) is 6.27. The topological polar surface area (TPSA) is 93.5 Å². The molecule has 2 aromatic carbocycles. The first-order valence-electron chi connectivity index (χ1n) is 8.75. The second-order valence-electron chi connectivity index (χ2n) is 6.27. The predicted octanol–water partition coefficient (Wildman–Crippen LogP) is 2.11. The highest BCUT2D eigenvalue weighted by atomic mass is 16.5. The molecule has 28 heavy (non-hydrogen) atoms. The normalized spacial score (nSPS) is 11.7. The highest BCUT2D eigenvalue weighted by molar-refractivity contribution is 6.01. The molecule has 0 saturated carbocycles. The van der Waals surface area contributed by atoms with Gasteiger partial charge in [0.05, 0.1) is 25.0 Å². The Kier molecular flexibility index (Phi) is 5.86. The van der Waals surface area contributed by atoms with Crippen LogP contribution in [-0.4, -0.2) is 46.5 Å². The number of methoxy groups -OCH3 is 1. The lowest BCUT2D eigenvalue weighted by molar-refractivity contribution is -0.143. The number of carbonyl (C=O) groups excluding carboxylic acids is 2. The van der Waals surface area contributed by atoms with Crippen LogP contribution in [0.1, 0.15) is 15.9 Å². The Bertz CT molecular complexity index is 982. The highest BCUT2D eigenvalue weighted by Crippen LogP contribution is 2.24. The number of carbonyl (C=O) groups is 2. The summed E-state index contributed by atoms with van der Waals surface area (Å²) in [6.07, 6.45) is 1.61. The fraction of sp³-hybridized carbons (Fsp3) is 0.190. The molecule has 2 N–H and O–H groups in total. The van der Waals surface area contributed by atoms with Gasteiger partial charge in [-0.3, -0.25) is 4.79 Å². The number of nitrogens with one attached hydrogen (secondary N) is 1. The zero-order valence-corrected chi connectivity index (χ0v) is 15.6. The third-order valence-corrected chi connectivity index (χ3v) is 4.24. The smallest absolute Gasteiger partial charge is 0.330 e. The minimum absolute atomic E-state index is 0.289. The molecule has 0 aliphatic heterocycles. The fourth-order valence-corrected chi connectivity index (χ4v) is 2.82. The largest absolute Gasteiger partial charge is 0.467 e. The Morgan fingerprint density at radius 2 is 1.93 bits per heavy atom. The summed E-state index contributed by atoms with van der Waals surface area (Å²) in [6.45, 7) is 1.39. The number of benzene rings is 2. The summed E-state index contributed by atoms with van der Waals surface area (Å²) in [5.41, 5.74) is 3.37. The van der Waals surface area contributed by atoms with Gasteiger partial charge in [0, 0.05) is 11.8 Å². The number of aliphatic hydroxyl groups is 1. The van der Waals surface area contributed by atoms with E-state index >= 15 is 0 Å².